The van der Waals surface area contributed by atoms with Crippen molar-refractivity contribution in [1.29, 1.82) is 0 Å². The van der Waals surface area contributed by atoms with E-state index >= 15 is 0 Å². The molecule has 254 valence electrons. The first kappa shape index (κ1) is 37.2. The summed E-state index contributed by atoms with van der Waals surface area (Å²) < 4.78 is 9.79. The minimum absolute atomic E-state index is 0.0345. The monoisotopic (exact) mass is 666 g/mol. The molecule has 12 nitrogen and oxygen atoms in total. The van der Waals surface area contributed by atoms with Gasteiger partial charge in [-0.1, -0.05) is 6.92 Å². The molecule has 0 saturated carbocycles. The normalized spacial score (nSPS) is 9.96. The lowest BCUT2D eigenvalue weighted by atomic mass is 10.1. The van der Waals surface area contributed by atoms with Gasteiger partial charge in [0.05, 0.1) is 24.3 Å². The van der Waals surface area contributed by atoms with Crippen LogP contribution in [0.4, 0.5) is 32.3 Å². The average Bonchev–Trinajstić information content (AvgIpc) is 3.09. The van der Waals surface area contributed by atoms with Crippen LogP contribution in [0, 0.1) is 0 Å². The van der Waals surface area contributed by atoms with Crippen molar-refractivity contribution in [2.75, 3.05) is 34.5 Å². The molecule has 4 amide bonds. The Hall–Kier alpha value is -6.30. The van der Waals surface area contributed by atoms with Crippen LogP contribution in [0.15, 0.2) is 97.1 Å². The number of amides is 4. The lowest BCUT2D eigenvalue weighted by Gasteiger charge is -2.09. The van der Waals surface area contributed by atoms with Crippen LogP contribution in [0.5, 0.6) is 0 Å². The summed E-state index contributed by atoms with van der Waals surface area (Å²) >= 11 is 0. The molecular weight excluding hydrogens is 628 g/mol. The number of rotatable bonds is 11. The highest BCUT2D eigenvalue weighted by Crippen LogP contribution is 2.15. The van der Waals surface area contributed by atoms with Crippen LogP contribution in [0.25, 0.3) is 0 Å². The molecule has 0 heterocycles. The summed E-state index contributed by atoms with van der Waals surface area (Å²) in [6.07, 6.45) is 0.440. The first-order chi connectivity index (χ1) is 23.5. The zero-order chi connectivity index (χ0) is 35.8. The molecule has 0 spiro atoms. The van der Waals surface area contributed by atoms with E-state index in [2.05, 4.69) is 21.3 Å². The number of Topliss-reactive ketones (excluding diaryl/α,β-unsaturated/α-hetero) is 2. The third-order valence-electron chi connectivity index (χ3n) is 6.64. The number of hydrogen-bond donors (Lipinski definition) is 4. The second-order valence-corrected chi connectivity index (χ2v) is 10.2. The first-order valence-electron chi connectivity index (χ1n) is 15.5. The molecule has 0 atom stereocenters. The van der Waals surface area contributed by atoms with E-state index in [0.717, 1.165) is 0 Å². The molecule has 0 unspecified atom stereocenters. The van der Waals surface area contributed by atoms with Gasteiger partial charge in [0.15, 0.2) is 11.6 Å². The number of esters is 2. The van der Waals surface area contributed by atoms with Gasteiger partial charge in [0, 0.05) is 40.3 Å². The summed E-state index contributed by atoms with van der Waals surface area (Å²) in [5.74, 6) is -0.787. The van der Waals surface area contributed by atoms with Gasteiger partial charge in [0.1, 0.15) is 0 Å². The average molecular weight is 667 g/mol. The van der Waals surface area contributed by atoms with E-state index in [4.69, 9.17) is 9.47 Å². The Bertz CT molecular complexity index is 1750. The van der Waals surface area contributed by atoms with Gasteiger partial charge < -0.3 is 30.7 Å². The Morgan fingerprint density at radius 2 is 0.735 bits per heavy atom. The van der Waals surface area contributed by atoms with E-state index in [9.17, 15) is 28.8 Å². The Kier molecular flexibility index (Phi) is 14.2. The molecule has 4 aromatic rings. The topological polar surface area (TPSA) is 169 Å². The number of benzene rings is 4. The van der Waals surface area contributed by atoms with Crippen molar-refractivity contribution in [3.63, 3.8) is 0 Å². The Labute approximate surface area is 284 Å². The van der Waals surface area contributed by atoms with Crippen molar-refractivity contribution in [2.45, 2.75) is 34.1 Å². The maximum Gasteiger partial charge on any atom is 0.338 e. The third-order valence-corrected chi connectivity index (χ3v) is 6.64. The molecule has 4 rings (SSSR count). The van der Waals surface area contributed by atoms with Crippen LogP contribution < -0.4 is 21.3 Å². The van der Waals surface area contributed by atoms with Gasteiger partial charge in [0.2, 0.25) is 0 Å². The Morgan fingerprint density at radius 3 is 1.00 bits per heavy atom. The molecule has 12 heteroatoms. The Morgan fingerprint density at radius 1 is 0.449 bits per heavy atom. The minimum Gasteiger partial charge on any atom is -0.462 e. The van der Waals surface area contributed by atoms with Crippen molar-refractivity contribution in [1.82, 2.24) is 0 Å². The number of anilines is 4. The number of hydrogen-bond acceptors (Lipinski definition) is 8. The van der Waals surface area contributed by atoms with E-state index in [1.54, 1.807) is 118 Å². The van der Waals surface area contributed by atoms with Crippen molar-refractivity contribution in [3.05, 3.63) is 119 Å². The van der Waals surface area contributed by atoms with Crippen LogP contribution in [0.2, 0.25) is 0 Å². The van der Waals surface area contributed by atoms with Crippen molar-refractivity contribution >= 4 is 58.3 Å². The molecule has 0 aliphatic rings. The molecule has 4 aromatic carbocycles. The summed E-state index contributed by atoms with van der Waals surface area (Å²) in [5, 5.41) is 10.7. The van der Waals surface area contributed by atoms with Gasteiger partial charge in [-0.05, 0) is 118 Å². The number of ether oxygens (including phenoxy) is 2. The summed E-state index contributed by atoms with van der Waals surface area (Å²) in [5.41, 5.74) is 4.27. The van der Waals surface area contributed by atoms with Crippen molar-refractivity contribution < 1.29 is 38.2 Å². The molecular formula is C37H38N4O8. The lowest BCUT2D eigenvalue weighted by Crippen LogP contribution is -2.19. The first-order valence-corrected chi connectivity index (χ1v) is 15.5. The fourth-order valence-corrected chi connectivity index (χ4v) is 4.13. The molecule has 4 N–H and O–H groups in total. The van der Waals surface area contributed by atoms with Gasteiger partial charge >= 0.3 is 24.0 Å². The van der Waals surface area contributed by atoms with Crippen LogP contribution in [0.1, 0.15) is 75.5 Å². The number of ketones is 2. The predicted octanol–water partition coefficient (Wildman–Crippen LogP) is 7.81. The number of urea groups is 2. The molecule has 0 saturated heterocycles. The van der Waals surface area contributed by atoms with Crippen molar-refractivity contribution in [3.8, 4) is 0 Å². The molecule has 0 aliphatic heterocycles. The molecule has 0 aromatic heterocycles. The maximum absolute atomic E-state index is 12.0. The SMILES string of the molecule is CCOC(=O)c1ccc(NC(=O)Nc2ccc(C(=O)CC)cc2)cc1.CCOC(=O)c1ccc(NC(=O)Nc2ccc(C(C)=O)cc2)cc1. The third kappa shape index (κ3) is 12.1. The molecule has 0 radical (unpaired) electrons. The number of nitrogens with one attached hydrogen (secondary N) is 4. The highest BCUT2D eigenvalue weighted by Gasteiger charge is 2.10. The van der Waals surface area contributed by atoms with Crippen LogP contribution in [-0.2, 0) is 9.47 Å². The van der Waals surface area contributed by atoms with E-state index < -0.39 is 24.0 Å². The summed E-state index contributed by atoms with van der Waals surface area (Å²) in [6.45, 7) is 7.38. The number of carbonyl (C=O) groups excluding carboxylic acids is 6. The van der Waals surface area contributed by atoms with Gasteiger partial charge in [-0.25, -0.2) is 19.2 Å². The van der Waals surface area contributed by atoms with E-state index in [1.165, 1.54) is 6.92 Å². The minimum atomic E-state index is -0.422. The number of carbonyl (C=O) groups is 6. The summed E-state index contributed by atoms with van der Waals surface area (Å²) in [7, 11) is 0. The van der Waals surface area contributed by atoms with Gasteiger partial charge in [-0.2, -0.15) is 0 Å². The quantitative estimate of drug-likeness (QED) is 0.0928. The zero-order valence-corrected chi connectivity index (χ0v) is 27.6. The van der Waals surface area contributed by atoms with Gasteiger partial charge in [-0.3, -0.25) is 9.59 Å². The Balaban J connectivity index is 0.000000266. The van der Waals surface area contributed by atoms with Crippen LogP contribution >= 0.6 is 0 Å². The summed E-state index contributed by atoms with van der Waals surface area (Å²) in [4.78, 5) is 69.8. The summed E-state index contributed by atoms with van der Waals surface area (Å²) in [6, 6.07) is 25.2. The van der Waals surface area contributed by atoms with Gasteiger partial charge in [0.25, 0.3) is 0 Å². The maximum atomic E-state index is 12.0. The highest BCUT2D eigenvalue weighted by molar-refractivity contribution is 6.02. The molecule has 0 aliphatic carbocycles. The van der Waals surface area contributed by atoms with E-state index in [0.29, 0.717) is 64.6 Å². The van der Waals surface area contributed by atoms with E-state index in [1.807, 2.05) is 0 Å². The molecule has 49 heavy (non-hydrogen) atoms. The molecule has 0 bridgehead atoms. The van der Waals surface area contributed by atoms with Gasteiger partial charge in [-0.15, -0.1) is 0 Å². The van der Waals surface area contributed by atoms with Crippen LogP contribution in [-0.4, -0.2) is 48.8 Å². The fourth-order valence-electron chi connectivity index (χ4n) is 4.13. The van der Waals surface area contributed by atoms with Crippen LogP contribution in [0.3, 0.4) is 0 Å². The smallest absolute Gasteiger partial charge is 0.338 e. The second-order valence-electron chi connectivity index (χ2n) is 10.2. The predicted molar refractivity (Wildman–Crippen MR) is 188 cm³/mol. The fraction of sp³-hybridized carbons (Fsp3) is 0.189. The highest BCUT2D eigenvalue weighted by atomic mass is 16.5. The van der Waals surface area contributed by atoms with Crippen molar-refractivity contribution in [2.24, 2.45) is 0 Å². The largest absolute Gasteiger partial charge is 0.462 e. The second kappa shape index (κ2) is 18.7. The zero-order valence-electron chi connectivity index (χ0n) is 27.6. The standard InChI is InChI=1S/C19H20N2O4.C18H18N2O4/c1-3-17(22)13-5-9-15(10-6-13)20-19(24)21-16-11-7-14(8-12-16)18(23)25-4-2;1-3-24-17(22)14-6-10-16(11-7-14)20-18(23)19-15-8-4-13(5-9-15)12(2)21/h5-12H,3-4H2,1-2H3,(H2,20,21,24);4-11H,3H2,1-2H3,(H2,19,20,23). The lowest BCUT2D eigenvalue weighted by molar-refractivity contribution is 0.0517. The molecule has 0 fully saturated rings. The van der Waals surface area contributed by atoms with E-state index in [-0.39, 0.29) is 11.6 Å².